The normalized spacial score (nSPS) is 47.6. The second kappa shape index (κ2) is 6.48. The van der Waals surface area contributed by atoms with E-state index in [4.69, 9.17) is 0 Å². The van der Waals surface area contributed by atoms with Gasteiger partial charge in [0.15, 0.2) is 10.9 Å². The number of carbonyl (C=O) groups is 2. The summed E-state index contributed by atoms with van der Waals surface area (Å²) in [7, 11) is 0. The van der Waals surface area contributed by atoms with Crippen LogP contribution in [-0.4, -0.2) is 27.4 Å². The van der Waals surface area contributed by atoms with Crippen molar-refractivity contribution in [3.8, 4) is 0 Å². The molecule has 0 aliphatic heterocycles. The van der Waals surface area contributed by atoms with E-state index in [-0.39, 0.29) is 33.1 Å². The Balaban J connectivity index is 1.74. The first-order chi connectivity index (χ1) is 12.3. The van der Waals surface area contributed by atoms with Gasteiger partial charge in [0.05, 0.1) is 6.10 Å². The van der Waals surface area contributed by atoms with Crippen molar-refractivity contribution in [2.75, 3.05) is 0 Å². The molecule has 0 unspecified atom stereocenters. The molecule has 0 spiro atoms. The Labute approximate surface area is 161 Å². The van der Waals surface area contributed by atoms with Gasteiger partial charge in [-0.25, -0.2) is 0 Å². The summed E-state index contributed by atoms with van der Waals surface area (Å²) in [5.74, 6) is 1.80. The fraction of sp³-hybridized carbons (Fsp3) is 0.818. The second-order valence-electron chi connectivity index (χ2n) is 9.57. The van der Waals surface area contributed by atoms with Crippen LogP contribution in [0.3, 0.4) is 0 Å². The molecule has 3 nitrogen and oxygen atoms in total. The molecule has 0 aromatic heterocycles. The van der Waals surface area contributed by atoms with Gasteiger partial charge < -0.3 is 5.11 Å². The first kappa shape index (κ1) is 18.7. The number of ketones is 1. The maximum atomic E-state index is 12.3. The van der Waals surface area contributed by atoms with E-state index in [1.54, 1.807) is 0 Å². The number of hydrogen-bond donors (Lipinski definition) is 1. The lowest BCUT2D eigenvalue weighted by Crippen LogP contribution is -2.55. The molecule has 1 N–H and O–H groups in total. The van der Waals surface area contributed by atoms with Crippen LogP contribution < -0.4 is 0 Å². The highest BCUT2D eigenvalue weighted by Gasteiger charge is 2.61. The minimum Gasteiger partial charge on any atom is -0.393 e. The lowest BCUT2D eigenvalue weighted by Gasteiger charge is -2.59. The highest BCUT2D eigenvalue weighted by molar-refractivity contribution is 8.14. The van der Waals surface area contributed by atoms with Crippen molar-refractivity contribution in [1.82, 2.24) is 0 Å². The summed E-state index contributed by atoms with van der Waals surface area (Å²) in [6.07, 6.45) is 8.99. The van der Waals surface area contributed by atoms with Crippen LogP contribution in [0.2, 0.25) is 0 Å². The summed E-state index contributed by atoms with van der Waals surface area (Å²) in [5, 5.41) is 11.2. The number of thioether (sulfide) groups is 1. The lowest BCUT2D eigenvalue weighted by atomic mass is 9.47. The van der Waals surface area contributed by atoms with Crippen LogP contribution in [0.15, 0.2) is 11.6 Å². The molecular formula is C22H32O3S. The summed E-state index contributed by atoms with van der Waals surface area (Å²) >= 11 is 1.54. The van der Waals surface area contributed by atoms with E-state index in [9.17, 15) is 14.7 Å². The molecule has 3 saturated carbocycles. The molecule has 4 heteroatoms. The molecular weight excluding hydrogens is 344 g/mol. The van der Waals surface area contributed by atoms with Crippen molar-refractivity contribution >= 4 is 22.7 Å². The van der Waals surface area contributed by atoms with Gasteiger partial charge in [0, 0.05) is 18.1 Å². The standard InChI is InChI=1S/C22H32O3S/c1-4-19(25)26-17-12-13-11-14(23)7-9-21(13,2)16-8-10-22(3)15(20(16)17)5-6-18(22)24/h11,15-18,20,24H,4-10,12H2,1-3H3/t15-,16-,17+,18-,20-,21-,22-/m0/s1. The minimum atomic E-state index is -0.196. The van der Waals surface area contributed by atoms with Crippen LogP contribution in [0, 0.1) is 28.6 Å². The number of aliphatic hydroxyl groups excluding tert-OH is 1. The molecule has 4 aliphatic rings. The quantitative estimate of drug-likeness (QED) is 0.769. The van der Waals surface area contributed by atoms with Gasteiger partial charge in [0.25, 0.3) is 0 Å². The smallest absolute Gasteiger partial charge is 0.188 e. The molecule has 26 heavy (non-hydrogen) atoms. The highest BCUT2D eigenvalue weighted by Crippen LogP contribution is 2.66. The summed E-state index contributed by atoms with van der Waals surface area (Å²) in [6.45, 7) is 6.60. The maximum Gasteiger partial charge on any atom is 0.188 e. The molecule has 0 saturated heterocycles. The molecule has 0 amide bonds. The molecule has 7 atom stereocenters. The molecule has 3 fully saturated rings. The van der Waals surface area contributed by atoms with Gasteiger partial charge in [-0.1, -0.05) is 38.1 Å². The molecule has 0 aromatic rings. The summed E-state index contributed by atoms with van der Waals surface area (Å²) in [4.78, 5) is 24.4. The first-order valence-electron chi connectivity index (χ1n) is 10.4. The fourth-order valence-corrected chi connectivity index (χ4v) is 8.15. The third-order valence-electron chi connectivity index (χ3n) is 8.48. The highest BCUT2D eigenvalue weighted by atomic mass is 32.2. The van der Waals surface area contributed by atoms with Crippen LogP contribution in [0.4, 0.5) is 0 Å². The average molecular weight is 377 g/mol. The zero-order chi connectivity index (χ0) is 18.7. The van der Waals surface area contributed by atoms with E-state index in [0.717, 1.165) is 38.5 Å². The van der Waals surface area contributed by atoms with Crippen molar-refractivity contribution in [2.45, 2.75) is 83.5 Å². The van der Waals surface area contributed by atoms with Crippen LogP contribution in [0.25, 0.3) is 0 Å². The average Bonchev–Trinajstić information content (AvgIpc) is 2.91. The van der Waals surface area contributed by atoms with Crippen molar-refractivity contribution in [3.05, 3.63) is 11.6 Å². The molecule has 4 aliphatic carbocycles. The second-order valence-corrected chi connectivity index (χ2v) is 10.9. The molecule has 0 aromatic carbocycles. The Kier molecular flexibility index (Phi) is 4.67. The van der Waals surface area contributed by atoms with Gasteiger partial charge >= 0.3 is 0 Å². The van der Waals surface area contributed by atoms with Gasteiger partial charge in [-0.05, 0) is 73.2 Å². The van der Waals surface area contributed by atoms with Crippen molar-refractivity contribution in [2.24, 2.45) is 28.6 Å². The van der Waals surface area contributed by atoms with Crippen LogP contribution in [0.5, 0.6) is 0 Å². The molecule has 4 rings (SSSR count). The van der Waals surface area contributed by atoms with E-state index in [2.05, 4.69) is 13.8 Å². The topological polar surface area (TPSA) is 54.4 Å². The Bertz CT molecular complexity index is 656. The lowest BCUT2D eigenvalue weighted by molar-refractivity contribution is -0.117. The Morgan fingerprint density at radius 2 is 2.00 bits per heavy atom. The van der Waals surface area contributed by atoms with Gasteiger partial charge in [-0.15, -0.1) is 0 Å². The van der Waals surface area contributed by atoms with Crippen LogP contribution >= 0.6 is 11.8 Å². The maximum absolute atomic E-state index is 12.3. The monoisotopic (exact) mass is 376 g/mol. The van der Waals surface area contributed by atoms with Gasteiger partial charge in [0.2, 0.25) is 0 Å². The Morgan fingerprint density at radius 1 is 1.23 bits per heavy atom. The van der Waals surface area contributed by atoms with E-state index in [0.29, 0.717) is 30.6 Å². The van der Waals surface area contributed by atoms with Crippen molar-refractivity contribution in [3.63, 3.8) is 0 Å². The summed E-state index contributed by atoms with van der Waals surface area (Å²) in [6, 6.07) is 0. The number of allylic oxidation sites excluding steroid dienone is 1. The van der Waals surface area contributed by atoms with E-state index in [1.165, 1.54) is 17.3 Å². The van der Waals surface area contributed by atoms with Gasteiger partial charge in [-0.2, -0.15) is 0 Å². The SMILES string of the molecule is CCC(=O)S[C@@H]1CC2=CC(=O)CC[C@]2(C)[C@H]2CC[C@]3(C)[C@@H](O)CC[C@H]3[C@H]12. The molecule has 0 bridgehead atoms. The third kappa shape index (κ3) is 2.66. The molecule has 0 heterocycles. The van der Waals surface area contributed by atoms with Gasteiger partial charge in [0.1, 0.15) is 0 Å². The number of fused-ring (bicyclic) bond motifs is 5. The summed E-state index contributed by atoms with van der Waals surface area (Å²) < 4.78 is 0. The Morgan fingerprint density at radius 3 is 2.73 bits per heavy atom. The van der Waals surface area contributed by atoms with Gasteiger partial charge in [-0.3, -0.25) is 9.59 Å². The zero-order valence-corrected chi connectivity index (χ0v) is 17.1. The predicted molar refractivity (Wildman–Crippen MR) is 105 cm³/mol. The molecule has 144 valence electrons. The van der Waals surface area contributed by atoms with Crippen LogP contribution in [-0.2, 0) is 9.59 Å². The molecule has 0 radical (unpaired) electrons. The number of rotatable bonds is 2. The zero-order valence-electron chi connectivity index (χ0n) is 16.3. The predicted octanol–water partition coefficient (Wildman–Crippen LogP) is 4.53. The van der Waals surface area contributed by atoms with E-state index < -0.39 is 0 Å². The van der Waals surface area contributed by atoms with Crippen molar-refractivity contribution < 1.29 is 14.7 Å². The van der Waals surface area contributed by atoms with Crippen molar-refractivity contribution in [1.29, 1.82) is 0 Å². The first-order valence-corrected chi connectivity index (χ1v) is 11.3. The minimum absolute atomic E-state index is 0.0112. The fourth-order valence-electron chi connectivity index (χ4n) is 6.84. The number of carbonyl (C=O) groups excluding carboxylic acids is 2. The largest absolute Gasteiger partial charge is 0.393 e. The number of hydrogen-bond acceptors (Lipinski definition) is 4. The van der Waals surface area contributed by atoms with E-state index >= 15 is 0 Å². The summed E-state index contributed by atoms with van der Waals surface area (Å²) in [5.41, 5.74) is 1.43. The van der Waals surface area contributed by atoms with Crippen LogP contribution in [0.1, 0.15) is 72.1 Å². The number of aliphatic hydroxyl groups is 1. The van der Waals surface area contributed by atoms with E-state index in [1.807, 2.05) is 13.0 Å². The third-order valence-corrected chi connectivity index (χ3v) is 9.82. The Hall–Kier alpha value is -0.610.